The highest BCUT2D eigenvalue weighted by Gasteiger charge is 2.40. The number of hydrogen-bond donors (Lipinski definition) is 2. The minimum atomic E-state index is -0.838. The maximum atomic E-state index is 14.9. The van der Waals surface area contributed by atoms with Gasteiger partial charge in [-0.25, -0.2) is 9.18 Å². The molecular formula is C24H26ClFN4O4. The third-order valence-corrected chi connectivity index (χ3v) is 6.37. The summed E-state index contributed by atoms with van der Waals surface area (Å²) in [6.45, 7) is 0.219. The lowest BCUT2D eigenvalue weighted by molar-refractivity contribution is -0.130. The summed E-state index contributed by atoms with van der Waals surface area (Å²) in [6.07, 6.45) is 7.72. The Morgan fingerprint density at radius 2 is 1.97 bits per heavy atom. The summed E-state index contributed by atoms with van der Waals surface area (Å²) in [7, 11) is 1.52. The molecule has 34 heavy (non-hydrogen) atoms. The van der Waals surface area contributed by atoms with Crippen LogP contribution in [-0.4, -0.2) is 59.5 Å². The molecule has 0 saturated carbocycles. The summed E-state index contributed by atoms with van der Waals surface area (Å²) >= 11 is 5.89. The third-order valence-electron chi connectivity index (χ3n) is 6.11. The Labute approximate surface area is 202 Å². The summed E-state index contributed by atoms with van der Waals surface area (Å²) < 4.78 is 20.2. The fourth-order valence-electron chi connectivity index (χ4n) is 4.25. The van der Waals surface area contributed by atoms with E-state index in [9.17, 15) is 18.8 Å². The molecule has 8 nitrogen and oxygen atoms in total. The maximum absolute atomic E-state index is 14.9. The number of carbonyl (C=O) groups is 3. The van der Waals surface area contributed by atoms with Crippen LogP contribution in [0.3, 0.4) is 0 Å². The molecule has 2 aliphatic heterocycles. The van der Waals surface area contributed by atoms with E-state index in [4.69, 9.17) is 16.3 Å². The van der Waals surface area contributed by atoms with Crippen LogP contribution in [0.4, 0.5) is 14.9 Å². The second-order valence-electron chi connectivity index (χ2n) is 8.36. The van der Waals surface area contributed by atoms with Crippen LogP contribution in [0.25, 0.3) is 0 Å². The smallest absolute Gasteiger partial charge is 0.322 e. The molecular weight excluding hydrogens is 463 g/mol. The van der Waals surface area contributed by atoms with E-state index in [1.165, 1.54) is 23.0 Å². The Bertz CT molecular complexity index is 1060. The highest BCUT2D eigenvalue weighted by Crippen LogP contribution is 2.27. The predicted molar refractivity (Wildman–Crippen MR) is 125 cm³/mol. The van der Waals surface area contributed by atoms with Gasteiger partial charge in [-0.05, 0) is 36.8 Å². The van der Waals surface area contributed by atoms with E-state index in [1.807, 2.05) is 6.08 Å². The molecule has 0 aromatic heterocycles. The molecule has 1 aromatic carbocycles. The van der Waals surface area contributed by atoms with Crippen molar-refractivity contribution in [1.82, 2.24) is 15.1 Å². The lowest BCUT2D eigenvalue weighted by Crippen LogP contribution is -2.47. The highest BCUT2D eigenvalue weighted by atomic mass is 35.5. The van der Waals surface area contributed by atoms with E-state index in [0.29, 0.717) is 23.6 Å². The standard InChI is InChI=1S/C24H26ClFN4O4/c1-34-18-13-21(30(14-18)24(33)27-16-7-5-15(25)6-8-16)23(32)28-20-10-9-17(12-19(20)26)29-11-3-2-4-22(29)31/h3,5-11,17-18,21H,2,4,12-14H2,1H3,(H,27,33)(H,28,32)/t17?,18-,21-/m1/s1. The predicted octanol–water partition coefficient (Wildman–Crippen LogP) is 3.72. The SMILES string of the molecule is CO[C@@H]1C[C@H](C(=O)NC2=C(F)CC(N3C=CCCC3=O)C=C2)N(C(=O)Nc2ccc(Cl)cc2)C1. The Hall–Kier alpha value is -3.17. The summed E-state index contributed by atoms with van der Waals surface area (Å²) in [5.74, 6) is -1.09. The van der Waals surface area contributed by atoms with Crippen LogP contribution >= 0.6 is 11.6 Å². The molecule has 0 radical (unpaired) electrons. The van der Waals surface area contributed by atoms with Gasteiger partial charge in [0.2, 0.25) is 11.8 Å². The first kappa shape index (κ1) is 24.0. The van der Waals surface area contributed by atoms with E-state index in [0.717, 1.165) is 0 Å². The van der Waals surface area contributed by atoms with Crippen LogP contribution < -0.4 is 10.6 Å². The van der Waals surface area contributed by atoms with E-state index in [-0.39, 0.29) is 37.1 Å². The first-order valence-electron chi connectivity index (χ1n) is 11.1. The number of rotatable bonds is 5. The molecule has 1 aromatic rings. The second-order valence-corrected chi connectivity index (χ2v) is 8.80. The van der Waals surface area contributed by atoms with Crippen LogP contribution in [0, 0.1) is 0 Å². The number of urea groups is 1. The Morgan fingerprint density at radius 1 is 1.21 bits per heavy atom. The molecule has 3 aliphatic rings. The molecule has 4 amide bonds. The molecule has 1 unspecified atom stereocenters. The van der Waals surface area contributed by atoms with Crippen molar-refractivity contribution in [2.24, 2.45) is 0 Å². The quantitative estimate of drug-likeness (QED) is 0.661. The number of nitrogens with zero attached hydrogens (tertiary/aromatic N) is 2. The zero-order valence-electron chi connectivity index (χ0n) is 18.7. The van der Waals surface area contributed by atoms with Gasteiger partial charge in [0.05, 0.1) is 17.8 Å². The Kier molecular flexibility index (Phi) is 7.33. The summed E-state index contributed by atoms with van der Waals surface area (Å²) in [6, 6.07) is 4.87. The first-order chi connectivity index (χ1) is 16.4. The van der Waals surface area contributed by atoms with Gasteiger partial charge in [0.25, 0.3) is 0 Å². The zero-order valence-corrected chi connectivity index (χ0v) is 19.4. The van der Waals surface area contributed by atoms with Crippen molar-refractivity contribution < 1.29 is 23.5 Å². The van der Waals surface area contributed by atoms with Crippen LogP contribution in [0.15, 0.2) is 60.2 Å². The lowest BCUT2D eigenvalue weighted by Gasteiger charge is -2.31. The Balaban J connectivity index is 1.42. The van der Waals surface area contributed by atoms with Gasteiger partial charge in [-0.15, -0.1) is 0 Å². The number of benzene rings is 1. The van der Waals surface area contributed by atoms with Crippen LogP contribution in [-0.2, 0) is 14.3 Å². The highest BCUT2D eigenvalue weighted by molar-refractivity contribution is 6.30. The number of allylic oxidation sites excluding steroid dienone is 2. The van der Waals surface area contributed by atoms with Crippen molar-refractivity contribution in [3.05, 3.63) is 65.2 Å². The molecule has 4 rings (SSSR count). The van der Waals surface area contributed by atoms with E-state index >= 15 is 0 Å². The van der Waals surface area contributed by atoms with Crippen molar-refractivity contribution in [2.75, 3.05) is 19.0 Å². The molecule has 1 saturated heterocycles. The molecule has 2 N–H and O–H groups in total. The largest absolute Gasteiger partial charge is 0.380 e. The topological polar surface area (TPSA) is 91.0 Å². The second kappa shape index (κ2) is 10.4. The van der Waals surface area contributed by atoms with E-state index in [2.05, 4.69) is 10.6 Å². The number of likely N-dealkylation sites (tertiary alicyclic amines) is 1. The van der Waals surface area contributed by atoms with Gasteiger partial charge in [0.1, 0.15) is 11.9 Å². The van der Waals surface area contributed by atoms with E-state index < -0.39 is 29.8 Å². The van der Waals surface area contributed by atoms with Crippen molar-refractivity contribution in [1.29, 1.82) is 0 Å². The van der Waals surface area contributed by atoms with Crippen molar-refractivity contribution in [3.63, 3.8) is 0 Å². The number of amides is 4. The molecule has 0 bridgehead atoms. The number of nitrogens with one attached hydrogen (secondary N) is 2. The van der Waals surface area contributed by atoms with Crippen LogP contribution in [0.5, 0.6) is 0 Å². The van der Waals surface area contributed by atoms with Gasteiger partial charge < -0.3 is 25.2 Å². The molecule has 10 heteroatoms. The zero-order chi connectivity index (χ0) is 24.2. The minimum absolute atomic E-state index is 0.0334. The fourth-order valence-corrected chi connectivity index (χ4v) is 4.37. The number of hydrogen-bond acceptors (Lipinski definition) is 4. The van der Waals surface area contributed by atoms with Crippen LogP contribution in [0.2, 0.25) is 5.02 Å². The van der Waals surface area contributed by atoms with Gasteiger partial charge in [0.15, 0.2) is 0 Å². The Morgan fingerprint density at radius 3 is 2.65 bits per heavy atom. The van der Waals surface area contributed by atoms with Crippen molar-refractivity contribution >= 4 is 35.1 Å². The molecule has 180 valence electrons. The molecule has 3 atom stereocenters. The van der Waals surface area contributed by atoms with Gasteiger partial charge in [-0.1, -0.05) is 23.8 Å². The summed E-state index contributed by atoms with van der Waals surface area (Å²) in [5, 5.41) is 5.89. The minimum Gasteiger partial charge on any atom is -0.380 e. The monoisotopic (exact) mass is 488 g/mol. The van der Waals surface area contributed by atoms with Gasteiger partial charge in [0, 0.05) is 49.8 Å². The average Bonchev–Trinajstić information content (AvgIpc) is 3.27. The van der Waals surface area contributed by atoms with Crippen LogP contribution in [0.1, 0.15) is 25.7 Å². The average molecular weight is 489 g/mol. The maximum Gasteiger partial charge on any atom is 0.322 e. The van der Waals surface area contributed by atoms with Gasteiger partial charge >= 0.3 is 6.03 Å². The normalized spacial score (nSPS) is 24.6. The molecule has 1 fully saturated rings. The van der Waals surface area contributed by atoms with Gasteiger partial charge in [-0.3, -0.25) is 9.59 Å². The first-order valence-corrected chi connectivity index (χ1v) is 11.4. The number of anilines is 1. The number of ether oxygens (including phenoxy) is 1. The third kappa shape index (κ3) is 5.31. The summed E-state index contributed by atoms with van der Waals surface area (Å²) in [5.41, 5.74) is 0.569. The molecule has 0 spiro atoms. The molecule has 1 aliphatic carbocycles. The molecule has 2 heterocycles. The number of halogens is 2. The number of carbonyl (C=O) groups excluding carboxylic acids is 3. The van der Waals surface area contributed by atoms with Gasteiger partial charge in [-0.2, -0.15) is 0 Å². The summed E-state index contributed by atoms with van der Waals surface area (Å²) in [4.78, 5) is 40.9. The van der Waals surface area contributed by atoms with Crippen molar-refractivity contribution in [3.8, 4) is 0 Å². The fraction of sp³-hybridized carbons (Fsp3) is 0.375. The van der Waals surface area contributed by atoms with E-state index in [1.54, 1.807) is 36.5 Å². The lowest BCUT2D eigenvalue weighted by atomic mass is 10.0. The van der Waals surface area contributed by atoms with Crippen molar-refractivity contribution in [2.45, 2.75) is 43.9 Å². The number of methoxy groups -OCH3 is 1.